The summed E-state index contributed by atoms with van der Waals surface area (Å²) in [5, 5.41) is 15.7. The average Bonchev–Trinajstić information content (AvgIpc) is 3.06. The van der Waals surface area contributed by atoms with Crippen LogP contribution in [-0.2, 0) is 4.79 Å². The molecule has 1 amide bonds. The first-order valence-electron chi connectivity index (χ1n) is 8.83. The van der Waals surface area contributed by atoms with Gasteiger partial charge in [-0.3, -0.25) is 4.79 Å². The molecule has 0 aliphatic heterocycles. The van der Waals surface area contributed by atoms with E-state index in [1.165, 1.54) is 42.2 Å². The van der Waals surface area contributed by atoms with Crippen LogP contribution < -0.4 is 5.32 Å². The van der Waals surface area contributed by atoms with Crippen LogP contribution in [0.3, 0.4) is 0 Å². The predicted octanol–water partition coefficient (Wildman–Crippen LogP) is 3.07. The fourth-order valence-electron chi connectivity index (χ4n) is 3.20. The van der Waals surface area contributed by atoms with Crippen LogP contribution >= 0.6 is 11.8 Å². The molecule has 6 nitrogen and oxygen atoms in total. The molecule has 7 heteroatoms. The summed E-state index contributed by atoms with van der Waals surface area (Å²) in [5.74, 6) is 0.941. The molecular weight excluding hydrogens is 334 g/mol. The number of nitrogens with zero attached hydrogens (tertiary/aromatic N) is 4. The van der Waals surface area contributed by atoms with Gasteiger partial charge in [-0.15, -0.1) is 5.10 Å². The molecule has 0 saturated heterocycles. The summed E-state index contributed by atoms with van der Waals surface area (Å²) in [6, 6.07) is 6.40. The smallest absolute Gasteiger partial charge is 0.230 e. The number of benzene rings is 1. The highest BCUT2D eigenvalue weighted by Crippen LogP contribution is 2.24. The number of carbonyl (C=O) groups is 1. The molecule has 0 spiro atoms. The maximum absolute atomic E-state index is 12.3. The Labute approximate surface area is 152 Å². The third kappa shape index (κ3) is 4.39. The third-order valence-electron chi connectivity index (χ3n) is 4.97. The molecule has 2 aromatic rings. The van der Waals surface area contributed by atoms with E-state index in [9.17, 15) is 4.79 Å². The molecule has 1 aromatic heterocycles. The van der Waals surface area contributed by atoms with Gasteiger partial charge in [-0.25, -0.2) is 0 Å². The Morgan fingerprint density at radius 1 is 1.28 bits per heavy atom. The summed E-state index contributed by atoms with van der Waals surface area (Å²) in [5.41, 5.74) is 3.33. The van der Waals surface area contributed by atoms with Gasteiger partial charge in [-0.2, -0.15) is 4.68 Å². The van der Waals surface area contributed by atoms with Crippen molar-refractivity contribution < 1.29 is 4.79 Å². The Morgan fingerprint density at radius 3 is 2.84 bits per heavy atom. The lowest BCUT2D eigenvalue weighted by atomic mass is 9.86. The van der Waals surface area contributed by atoms with E-state index < -0.39 is 0 Å². The first-order chi connectivity index (χ1) is 12.0. The number of nitrogens with one attached hydrogen (secondary N) is 1. The SMILES string of the molecule is Cc1ccc(-n2nnnc2SCC(=O)N[C@@H]2CCCC[C@@H]2C)cc1C. The molecule has 1 N–H and O–H groups in total. The van der Waals surface area contributed by atoms with Crippen molar-refractivity contribution in [1.29, 1.82) is 0 Å². The van der Waals surface area contributed by atoms with Crippen LogP contribution in [0.2, 0.25) is 0 Å². The first-order valence-corrected chi connectivity index (χ1v) is 9.81. The van der Waals surface area contributed by atoms with Crippen LogP contribution in [0.15, 0.2) is 23.4 Å². The van der Waals surface area contributed by atoms with Crippen molar-refractivity contribution in [3.05, 3.63) is 29.3 Å². The fourth-order valence-corrected chi connectivity index (χ4v) is 3.90. The molecule has 0 radical (unpaired) electrons. The van der Waals surface area contributed by atoms with Crippen LogP contribution in [0.1, 0.15) is 43.7 Å². The van der Waals surface area contributed by atoms with E-state index in [1.54, 1.807) is 4.68 Å². The summed E-state index contributed by atoms with van der Waals surface area (Å²) in [6.07, 6.45) is 4.75. The largest absolute Gasteiger partial charge is 0.352 e. The number of carbonyl (C=O) groups excluding carboxylic acids is 1. The van der Waals surface area contributed by atoms with Gasteiger partial charge in [0.2, 0.25) is 11.1 Å². The van der Waals surface area contributed by atoms with Gasteiger partial charge in [-0.1, -0.05) is 37.6 Å². The number of tetrazole rings is 1. The Bertz CT molecular complexity index is 745. The van der Waals surface area contributed by atoms with Gasteiger partial charge in [0.25, 0.3) is 0 Å². The molecule has 1 aliphatic rings. The molecular formula is C18H25N5OS. The lowest BCUT2D eigenvalue weighted by Gasteiger charge is -2.29. The second-order valence-electron chi connectivity index (χ2n) is 6.87. The van der Waals surface area contributed by atoms with E-state index in [4.69, 9.17) is 0 Å². The lowest BCUT2D eigenvalue weighted by Crippen LogP contribution is -2.41. The molecule has 2 atom stereocenters. The normalized spacial score (nSPS) is 20.4. The standard InChI is InChI=1S/C18H25N5OS/c1-12-8-9-15(10-14(12)3)23-18(20-21-22-23)25-11-17(24)19-16-7-5-4-6-13(16)2/h8-10,13,16H,4-7,11H2,1-3H3,(H,19,24)/t13-,16+/m0/s1. The zero-order valence-electron chi connectivity index (χ0n) is 15.0. The summed E-state index contributed by atoms with van der Waals surface area (Å²) >= 11 is 1.37. The summed E-state index contributed by atoms with van der Waals surface area (Å²) in [6.45, 7) is 6.36. The number of thioether (sulfide) groups is 1. The average molecular weight is 359 g/mol. The van der Waals surface area contributed by atoms with Crippen molar-refractivity contribution in [2.45, 2.75) is 57.7 Å². The van der Waals surface area contributed by atoms with Crippen LogP contribution in [0.5, 0.6) is 0 Å². The highest BCUT2D eigenvalue weighted by atomic mass is 32.2. The van der Waals surface area contributed by atoms with Crippen molar-refractivity contribution >= 4 is 17.7 Å². The summed E-state index contributed by atoms with van der Waals surface area (Å²) in [7, 11) is 0. The number of amides is 1. The summed E-state index contributed by atoms with van der Waals surface area (Å²) in [4.78, 5) is 12.3. The number of hydrogen-bond donors (Lipinski definition) is 1. The minimum Gasteiger partial charge on any atom is -0.352 e. The molecule has 0 bridgehead atoms. The predicted molar refractivity (Wildman–Crippen MR) is 98.9 cm³/mol. The van der Waals surface area contributed by atoms with Crippen LogP contribution in [0, 0.1) is 19.8 Å². The second kappa shape index (κ2) is 7.99. The molecule has 1 aromatic carbocycles. The Hall–Kier alpha value is -1.89. The molecule has 0 unspecified atom stereocenters. The van der Waals surface area contributed by atoms with Crippen LogP contribution in [-0.4, -0.2) is 37.9 Å². The summed E-state index contributed by atoms with van der Waals surface area (Å²) < 4.78 is 1.69. The monoisotopic (exact) mass is 359 g/mol. The lowest BCUT2D eigenvalue weighted by molar-refractivity contribution is -0.119. The molecule has 1 fully saturated rings. The van der Waals surface area contributed by atoms with E-state index in [1.807, 2.05) is 6.07 Å². The van der Waals surface area contributed by atoms with E-state index in [0.717, 1.165) is 12.1 Å². The fraction of sp³-hybridized carbons (Fsp3) is 0.556. The first kappa shape index (κ1) is 17.9. The Balaban J connectivity index is 1.61. The quantitative estimate of drug-likeness (QED) is 0.831. The zero-order valence-corrected chi connectivity index (χ0v) is 15.8. The Kier molecular flexibility index (Phi) is 5.73. The number of aryl methyl sites for hydroxylation is 2. The van der Waals surface area contributed by atoms with Gasteiger partial charge in [0, 0.05) is 6.04 Å². The molecule has 134 valence electrons. The van der Waals surface area contributed by atoms with Gasteiger partial charge < -0.3 is 5.32 Å². The van der Waals surface area contributed by atoms with E-state index >= 15 is 0 Å². The Morgan fingerprint density at radius 2 is 2.08 bits per heavy atom. The van der Waals surface area contributed by atoms with Gasteiger partial charge >= 0.3 is 0 Å². The second-order valence-corrected chi connectivity index (χ2v) is 7.81. The minimum absolute atomic E-state index is 0.0541. The molecule has 3 rings (SSSR count). The molecule has 1 heterocycles. The maximum atomic E-state index is 12.3. The van der Waals surface area contributed by atoms with E-state index in [-0.39, 0.29) is 5.91 Å². The van der Waals surface area contributed by atoms with Crippen molar-refractivity contribution in [3.8, 4) is 5.69 Å². The highest BCUT2D eigenvalue weighted by molar-refractivity contribution is 7.99. The van der Waals surface area contributed by atoms with Crippen LogP contribution in [0.25, 0.3) is 5.69 Å². The topological polar surface area (TPSA) is 72.7 Å². The van der Waals surface area contributed by atoms with Crippen molar-refractivity contribution in [2.24, 2.45) is 5.92 Å². The van der Waals surface area contributed by atoms with Gasteiger partial charge in [0.05, 0.1) is 11.4 Å². The van der Waals surface area contributed by atoms with Gasteiger partial charge in [0.15, 0.2) is 0 Å². The van der Waals surface area contributed by atoms with E-state index in [0.29, 0.717) is 22.9 Å². The van der Waals surface area contributed by atoms with Crippen molar-refractivity contribution in [3.63, 3.8) is 0 Å². The maximum Gasteiger partial charge on any atom is 0.230 e. The minimum atomic E-state index is 0.0541. The molecule has 1 saturated carbocycles. The highest BCUT2D eigenvalue weighted by Gasteiger charge is 2.23. The number of aromatic nitrogens is 4. The van der Waals surface area contributed by atoms with Gasteiger partial charge in [-0.05, 0) is 66.3 Å². The zero-order chi connectivity index (χ0) is 17.8. The van der Waals surface area contributed by atoms with E-state index in [2.05, 4.69) is 53.7 Å². The number of rotatable bonds is 5. The van der Waals surface area contributed by atoms with Gasteiger partial charge in [0.1, 0.15) is 0 Å². The third-order valence-corrected chi connectivity index (χ3v) is 5.89. The van der Waals surface area contributed by atoms with Crippen molar-refractivity contribution in [2.75, 3.05) is 5.75 Å². The van der Waals surface area contributed by atoms with Crippen LogP contribution in [0.4, 0.5) is 0 Å². The van der Waals surface area contributed by atoms with Crippen molar-refractivity contribution in [1.82, 2.24) is 25.5 Å². The molecule has 1 aliphatic carbocycles. The molecule has 25 heavy (non-hydrogen) atoms. The number of hydrogen-bond acceptors (Lipinski definition) is 5.